The lowest BCUT2D eigenvalue weighted by atomic mass is 9.95. The van der Waals surface area contributed by atoms with E-state index in [1.807, 2.05) is 36.4 Å². The molecule has 0 aliphatic carbocycles. The van der Waals surface area contributed by atoms with E-state index in [1.54, 1.807) is 6.26 Å². The molecule has 1 aromatic rings. The molecule has 0 saturated carbocycles. The van der Waals surface area contributed by atoms with Crippen molar-refractivity contribution in [3.05, 3.63) is 48.2 Å². The van der Waals surface area contributed by atoms with Gasteiger partial charge in [-0.3, -0.25) is 4.79 Å². The van der Waals surface area contributed by atoms with E-state index in [2.05, 4.69) is 0 Å². The Labute approximate surface area is 76.8 Å². The monoisotopic (exact) mass is 174 g/mol. The van der Waals surface area contributed by atoms with E-state index in [0.717, 1.165) is 11.8 Å². The first-order valence-corrected chi connectivity index (χ1v) is 4.24. The number of ether oxygens (including phenoxy) is 1. The zero-order valence-electron chi connectivity index (χ0n) is 7.09. The molecular weight excluding hydrogens is 164 g/mol. The summed E-state index contributed by atoms with van der Waals surface area (Å²) in [5.74, 6) is 0.0821. The summed E-state index contributed by atoms with van der Waals surface area (Å²) in [5.41, 5.74) is 1.12. The van der Waals surface area contributed by atoms with Crippen LogP contribution in [0.2, 0.25) is 0 Å². The second-order valence-corrected chi connectivity index (χ2v) is 3.00. The van der Waals surface area contributed by atoms with Gasteiger partial charge in [-0.25, -0.2) is 0 Å². The standard InChI is InChI=1S/C11H10O2/c12-8-11-10(6-7-13-11)9-4-2-1-3-5-9/h1-8,10-11H. The topological polar surface area (TPSA) is 26.3 Å². The van der Waals surface area contributed by atoms with Crippen molar-refractivity contribution in [3.8, 4) is 0 Å². The van der Waals surface area contributed by atoms with Crippen molar-refractivity contribution in [2.24, 2.45) is 0 Å². The van der Waals surface area contributed by atoms with Gasteiger partial charge in [0.15, 0.2) is 12.4 Å². The lowest BCUT2D eigenvalue weighted by Crippen LogP contribution is -2.15. The summed E-state index contributed by atoms with van der Waals surface area (Å²) in [7, 11) is 0. The Morgan fingerprint density at radius 2 is 2.00 bits per heavy atom. The molecule has 2 rings (SSSR count). The number of hydrogen-bond donors (Lipinski definition) is 0. The summed E-state index contributed by atoms with van der Waals surface area (Å²) in [6.07, 6.45) is 4.00. The van der Waals surface area contributed by atoms with Crippen LogP contribution < -0.4 is 0 Å². The van der Waals surface area contributed by atoms with E-state index < -0.39 is 0 Å². The largest absolute Gasteiger partial charge is 0.490 e. The molecule has 0 fully saturated rings. The average molecular weight is 174 g/mol. The summed E-state index contributed by atoms with van der Waals surface area (Å²) in [5, 5.41) is 0. The molecule has 0 aromatic heterocycles. The Hall–Kier alpha value is -1.57. The van der Waals surface area contributed by atoms with Crippen molar-refractivity contribution in [2.45, 2.75) is 12.0 Å². The minimum absolute atomic E-state index is 0.0821. The van der Waals surface area contributed by atoms with Crippen LogP contribution >= 0.6 is 0 Å². The first-order valence-electron chi connectivity index (χ1n) is 4.24. The lowest BCUT2D eigenvalue weighted by molar-refractivity contribution is -0.114. The molecule has 1 aromatic carbocycles. The molecule has 2 heteroatoms. The Bertz CT molecular complexity index is 316. The quantitative estimate of drug-likeness (QED) is 0.640. The van der Waals surface area contributed by atoms with Crippen LogP contribution in [0, 0.1) is 0 Å². The number of carbonyl (C=O) groups is 1. The van der Waals surface area contributed by atoms with Gasteiger partial charge < -0.3 is 4.74 Å². The normalized spacial score (nSPS) is 25.5. The minimum atomic E-state index is -0.345. The van der Waals surface area contributed by atoms with E-state index in [-0.39, 0.29) is 12.0 Å². The number of rotatable bonds is 2. The molecule has 1 aliphatic heterocycles. The van der Waals surface area contributed by atoms with Gasteiger partial charge in [-0.1, -0.05) is 30.3 Å². The maximum absolute atomic E-state index is 10.6. The Kier molecular flexibility index (Phi) is 2.13. The zero-order chi connectivity index (χ0) is 9.10. The van der Waals surface area contributed by atoms with Crippen LogP contribution in [0.25, 0.3) is 0 Å². The Morgan fingerprint density at radius 1 is 1.23 bits per heavy atom. The first-order chi connectivity index (χ1) is 6.42. The van der Waals surface area contributed by atoms with Crippen LogP contribution in [0.5, 0.6) is 0 Å². The molecule has 0 radical (unpaired) electrons. The molecule has 1 aliphatic rings. The summed E-state index contributed by atoms with van der Waals surface area (Å²) >= 11 is 0. The first kappa shape index (κ1) is 8.05. The SMILES string of the molecule is O=CC1OC=CC1c1ccccc1. The molecule has 66 valence electrons. The molecular formula is C11H10O2. The summed E-state index contributed by atoms with van der Waals surface area (Å²) in [6, 6.07) is 9.88. The molecule has 2 unspecified atom stereocenters. The average Bonchev–Trinajstić information content (AvgIpc) is 2.67. The van der Waals surface area contributed by atoms with Crippen LogP contribution in [-0.4, -0.2) is 12.4 Å². The predicted molar refractivity (Wildman–Crippen MR) is 49.3 cm³/mol. The molecule has 2 atom stereocenters. The van der Waals surface area contributed by atoms with Crippen LogP contribution in [0.4, 0.5) is 0 Å². The Morgan fingerprint density at radius 3 is 2.69 bits per heavy atom. The van der Waals surface area contributed by atoms with Crippen molar-refractivity contribution in [2.75, 3.05) is 0 Å². The van der Waals surface area contributed by atoms with E-state index >= 15 is 0 Å². The summed E-state index contributed by atoms with van der Waals surface area (Å²) < 4.78 is 5.12. The highest BCUT2D eigenvalue weighted by Gasteiger charge is 2.24. The number of carbonyl (C=O) groups excluding carboxylic acids is 1. The second-order valence-electron chi connectivity index (χ2n) is 3.00. The maximum Gasteiger partial charge on any atom is 0.163 e. The van der Waals surface area contributed by atoms with Crippen molar-refractivity contribution < 1.29 is 9.53 Å². The van der Waals surface area contributed by atoms with Crippen molar-refractivity contribution >= 4 is 6.29 Å². The van der Waals surface area contributed by atoms with Gasteiger partial charge >= 0.3 is 0 Å². The van der Waals surface area contributed by atoms with Gasteiger partial charge in [-0.15, -0.1) is 0 Å². The van der Waals surface area contributed by atoms with Crippen molar-refractivity contribution in [3.63, 3.8) is 0 Å². The third-order valence-corrected chi connectivity index (χ3v) is 2.19. The molecule has 0 amide bonds. The fourth-order valence-electron chi connectivity index (χ4n) is 1.51. The molecule has 1 heterocycles. The van der Waals surface area contributed by atoms with E-state index in [9.17, 15) is 4.79 Å². The van der Waals surface area contributed by atoms with Gasteiger partial charge in [0, 0.05) is 5.92 Å². The van der Waals surface area contributed by atoms with E-state index in [1.165, 1.54) is 0 Å². The van der Waals surface area contributed by atoms with Crippen LogP contribution in [-0.2, 0) is 9.53 Å². The van der Waals surface area contributed by atoms with Gasteiger partial charge in [0.25, 0.3) is 0 Å². The predicted octanol–water partition coefficient (Wildman–Crippen LogP) is 1.88. The minimum Gasteiger partial charge on any atom is -0.490 e. The third kappa shape index (κ3) is 1.47. The molecule has 13 heavy (non-hydrogen) atoms. The lowest BCUT2D eigenvalue weighted by Gasteiger charge is -2.12. The summed E-state index contributed by atoms with van der Waals surface area (Å²) in [6.45, 7) is 0. The van der Waals surface area contributed by atoms with E-state index in [0.29, 0.717) is 0 Å². The third-order valence-electron chi connectivity index (χ3n) is 2.19. The van der Waals surface area contributed by atoms with Gasteiger partial charge in [0.05, 0.1) is 6.26 Å². The van der Waals surface area contributed by atoms with E-state index in [4.69, 9.17) is 4.74 Å². The number of hydrogen-bond acceptors (Lipinski definition) is 2. The maximum atomic E-state index is 10.6. The van der Waals surface area contributed by atoms with Crippen molar-refractivity contribution in [1.29, 1.82) is 0 Å². The van der Waals surface area contributed by atoms with Crippen molar-refractivity contribution in [1.82, 2.24) is 0 Å². The molecule has 0 saturated heterocycles. The molecule has 0 bridgehead atoms. The van der Waals surface area contributed by atoms with Crippen LogP contribution in [0.1, 0.15) is 11.5 Å². The van der Waals surface area contributed by atoms with Crippen LogP contribution in [0.15, 0.2) is 42.7 Å². The highest BCUT2D eigenvalue weighted by Crippen LogP contribution is 2.26. The smallest absolute Gasteiger partial charge is 0.163 e. The highest BCUT2D eigenvalue weighted by molar-refractivity contribution is 5.60. The zero-order valence-corrected chi connectivity index (χ0v) is 7.09. The second kappa shape index (κ2) is 3.44. The van der Waals surface area contributed by atoms with Gasteiger partial charge in [0.1, 0.15) is 0 Å². The fraction of sp³-hybridized carbons (Fsp3) is 0.182. The molecule has 2 nitrogen and oxygen atoms in total. The molecule has 0 spiro atoms. The Balaban J connectivity index is 2.26. The summed E-state index contributed by atoms with van der Waals surface area (Å²) in [4.78, 5) is 10.6. The number of aldehydes is 1. The van der Waals surface area contributed by atoms with Gasteiger partial charge in [-0.05, 0) is 11.6 Å². The van der Waals surface area contributed by atoms with Gasteiger partial charge in [-0.2, -0.15) is 0 Å². The van der Waals surface area contributed by atoms with Crippen LogP contribution in [0.3, 0.4) is 0 Å². The fourth-order valence-corrected chi connectivity index (χ4v) is 1.51. The highest BCUT2D eigenvalue weighted by atomic mass is 16.5. The molecule has 0 N–H and O–H groups in total. The van der Waals surface area contributed by atoms with Gasteiger partial charge in [0.2, 0.25) is 0 Å². The number of benzene rings is 1.